The quantitative estimate of drug-likeness (QED) is 0.212. The van der Waals surface area contributed by atoms with Crippen LogP contribution in [-0.2, 0) is 28.0 Å². The smallest absolute Gasteiger partial charge is 0.330 e. The molecule has 5 aromatic rings. The van der Waals surface area contributed by atoms with Gasteiger partial charge in [-0.3, -0.25) is 9.36 Å². The lowest BCUT2D eigenvalue weighted by atomic mass is 9.81. The van der Waals surface area contributed by atoms with Crippen molar-refractivity contribution < 1.29 is 14.3 Å². The molecule has 2 aromatic heterocycles. The van der Waals surface area contributed by atoms with Crippen LogP contribution in [-0.4, -0.2) is 38.3 Å². The van der Waals surface area contributed by atoms with Crippen molar-refractivity contribution in [1.82, 2.24) is 24.6 Å². The van der Waals surface area contributed by atoms with Crippen LogP contribution in [0.2, 0.25) is 5.02 Å². The van der Waals surface area contributed by atoms with E-state index in [-0.39, 0.29) is 5.91 Å². The highest BCUT2D eigenvalue weighted by Crippen LogP contribution is 2.40. The second-order valence-electron chi connectivity index (χ2n) is 10.3. The SMILES string of the molecule is COC(=O)C=Cc1c2n(c3ccc(C)cc13)C[C@@](NC(=O)c1ccc(-n3cnnc3)cc1Cl)(c1ccccc1)CC2. The third kappa shape index (κ3) is 4.91. The fourth-order valence-corrected chi connectivity index (χ4v) is 5.98. The Kier molecular flexibility index (Phi) is 6.93. The third-order valence-corrected chi connectivity index (χ3v) is 8.08. The minimum absolute atomic E-state index is 0.254. The number of aryl methyl sites for hydroxylation is 1. The summed E-state index contributed by atoms with van der Waals surface area (Å²) in [6, 6.07) is 21.6. The van der Waals surface area contributed by atoms with Gasteiger partial charge in [-0.25, -0.2) is 4.79 Å². The van der Waals surface area contributed by atoms with Gasteiger partial charge in [0.25, 0.3) is 5.91 Å². The lowest BCUT2D eigenvalue weighted by Gasteiger charge is -2.40. The van der Waals surface area contributed by atoms with Gasteiger partial charge in [0.2, 0.25) is 0 Å². The molecule has 9 heteroatoms. The number of benzene rings is 3. The zero-order valence-corrected chi connectivity index (χ0v) is 23.4. The first kappa shape index (κ1) is 26.5. The first-order chi connectivity index (χ1) is 19.9. The summed E-state index contributed by atoms with van der Waals surface area (Å²) in [6.07, 6.45) is 7.80. The highest BCUT2D eigenvalue weighted by atomic mass is 35.5. The topological polar surface area (TPSA) is 91.0 Å². The summed E-state index contributed by atoms with van der Waals surface area (Å²) in [6.45, 7) is 2.57. The van der Waals surface area contributed by atoms with Crippen molar-refractivity contribution in [2.45, 2.75) is 31.8 Å². The van der Waals surface area contributed by atoms with Crippen LogP contribution in [0.5, 0.6) is 0 Å². The summed E-state index contributed by atoms with van der Waals surface area (Å²) in [7, 11) is 1.37. The third-order valence-electron chi connectivity index (χ3n) is 7.77. The van der Waals surface area contributed by atoms with Gasteiger partial charge < -0.3 is 14.6 Å². The fourth-order valence-electron chi connectivity index (χ4n) is 5.72. The Labute approximate surface area is 242 Å². The second kappa shape index (κ2) is 10.7. The van der Waals surface area contributed by atoms with Gasteiger partial charge in [0.05, 0.1) is 29.8 Å². The van der Waals surface area contributed by atoms with Crippen molar-refractivity contribution in [3.05, 3.63) is 118 Å². The van der Waals surface area contributed by atoms with Gasteiger partial charge >= 0.3 is 5.97 Å². The number of hydrogen-bond donors (Lipinski definition) is 1. The predicted octanol–water partition coefficient (Wildman–Crippen LogP) is 5.64. The summed E-state index contributed by atoms with van der Waals surface area (Å²) in [5, 5.41) is 12.5. The average molecular weight is 566 g/mol. The molecule has 0 aliphatic carbocycles. The molecule has 3 aromatic carbocycles. The van der Waals surface area contributed by atoms with Crippen LogP contribution in [0.3, 0.4) is 0 Å². The van der Waals surface area contributed by atoms with Crippen molar-refractivity contribution in [3.63, 3.8) is 0 Å². The molecule has 0 bridgehead atoms. The first-order valence-corrected chi connectivity index (χ1v) is 13.7. The summed E-state index contributed by atoms with van der Waals surface area (Å²) >= 11 is 6.63. The number of halogens is 1. The molecule has 0 spiro atoms. The van der Waals surface area contributed by atoms with E-state index in [0.717, 1.165) is 39.0 Å². The maximum absolute atomic E-state index is 13.8. The number of ether oxygens (including phenoxy) is 1. The number of fused-ring (bicyclic) bond motifs is 3. The van der Waals surface area contributed by atoms with Crippen LogP contribution in [0, 0.1) is 6.92 Å². The molecule has 8 nitrogen and oxygen atoms in total. The zero-order valence-electron chi connectivity index (χ0n) is 22.7. The molecule has 1 aliphatic rings. The lowest BCUT2D eigenvalue weighted by Crippen LogP contribution is -2.51. The van der Waals surface area contributed by atoms with Crippen LogP contribution in [0.1, 0.15) is 39.2 Å². The monoisotopic (exact) mass is 565 g/mol. The number of rotatable bonds is 6. The number of nitrogens with one attached hydrogen (secondary N) is 1. The van der Waals surface area contributed by atoms with Crippen LogP contribution in [0.4, 0.5) is 0 Å². The van der Waals surface area contributed by atoms with Crippen LogP contribution in [0.25, 0.3) is 22.7 Å². The Balaban J connectivity index is 1.42. The van der Waals surface area contributed by atoms with Crippen molar-refractivity contribution in [2.24, 2.45) is 0 Å². The minimum atomic E-state index is -0.693. The van der Waals surface area contributed by atoms with E-state index in [4.69, 9.17) is 16.3 Å². The molecule has 1 aliphatic heterocycles. The van der Waals surface area contributed by atoms with Crippen molar-refractivity contribution >= 4 is 40.5 Å². The van der Waals surface area contributed by atoms with Gasteiger partial charge in [0.1, 0.15) is 12.7 Å². The molecule has 0 radical (unpaired) electrons. The van der Waals surface area contributed by atoms with Gasteiger partial charge in [-0.05, 0) is 61.7 Å². The van der Waals surface area contributed by atoms with E-state index in [1.54, 1.807) is 29.4 Å². The van der Waals surface area contributed by atoms with Gasteiger partial charge in [-0.2, -0.15) is 0 Å². The number of amides is 1. The Hall–Kier alpha value is -4.69. The highest BCUT2D eigenvalue weighted by Gasteiger charge is 2.39. The predicted molar refractivity (Wildman–Crippen MR) is 158 cm³/mol. The molecule has 0 unspecified atom stereocenters. The summed E-state index contributed by atoms with van der Waals surface area (Å²) in [5.74, 6) is -0.657. The minimum Gasteiger partial charge on any atom is -0.466 e. The molecular formula is C32H28ClN5O3. The molecule has 0 saturated heterocycles. The molecule has 1 atom stereocenters. The Morgan fingerprint density at radius 3 is 2.56 bits per heavy atom. The van der Waals surface area contributed by atoms with Crippen LogP contribution in [0.15, 0.2) is 85.5 Å². The highest BCUT2D eigenvalue weighted by molar-refractivity contribution is 6.34. The Bertz CT molecular complexity index is 1790. The second-order valence-corrected chi connectivity index (χ2v) is 10.7. The van der Waals surface area contributed by atoms with Crippen LogP contribution < -0.4 is 5.32 Å². The summed E-state index contributed by atoms with van der Waals surface area (Å²) in [4.78, 5) is 25.8. The molecule has 0 saturated carbocycles. The maximum Gasteiger partial charge on any atom is 0.330 e. The molecule has 6 rings (SSSR count). The van der Waals surface area contributed by atoms with Gasteiger partial charge in [0, 0.05) is 33.9 Å². The fraction of sp³-hybridized carbons (Fsp3) is 0.188. The number of aromatic nitrogens is 4. The number of nitrogens with zero attached hydrogens (tertiary/aromatic N) is 4. The lowest BCUT2D eigenvalue weighted by molar-refractivity contribution is -0.134. The van der Waals surface area contributed by atoms with Crippen molar-refractivity contribution in [3.8, 4) is 5.69 Å². The van der Waals surface area contributed by atoms with E-state index in [0.29, 0.717) is 30.0 Å². The molecule has 41 heavy (non-hydrogen) atoms. The van der Waals surface area contributed by atoms with Gasteiger partial charge in [0.15, 0.2) is 0 Å². The largest absolute Gasteiger partial charge is 0.466 e. The average Bonchev–Trinajstić information content (AvgIpc) is 3.62. The number of hydrogen-bond acceptors (Lipinski definition) is 5. The van der Waals surface area contributed by atoms with E-state index < -0.39 is 11.5 Å². The van der Waals surface area contributed by atoms with Gasteiger partial charge in [-0.15, -0.1) is 10.2 Å². The maximum atomic E-state index is 13.8. The normalized spacial score (nSPS) is 16.6. The van der Waals surface area contributed by atoms with E-state index in [2.05, 4.69) is 57.3 Å². The van der Waals surface area contributed by atoms with Crippen LogP contribution >= 0.6 is 11.6 Å². The van der Waals surface area contributed by atoms with E-state index in [9.17, 15) is 9.59 Å². The zero-order chi connectivity index (χ0) is 28.6. The first-order valence-electron chi connectivity index (χ1n) is 13.3. The molecule has 3 heterocycles. The number of carbonyl (C=O) groups is 2. The molecule has 1 amide bonds. The van der Waals surface area contributed by atoms with E-state index in [1.807, 2.05) is 30.3 Å². The summed E-state index contributed by atoms with van der Waals surface area (Å²) in [5.41, 5.74) is 5.75. The molecule has 206 valence electrons. The standard InChI is InChI=1S/C32H28ClN5O3/c1-21-8-12-28-26(16-21)24(11-13-30(39)41-2)29-14-15-32(18-38(28)29,22-6-4-3-5-7-22)36-31(40)25-10-9-23(17-27(25)33)37-19-34-35-20-37/h3-13,16-17,19-20H,14-15,18H2,1-2H3,(H,36,40)/t32-/m1/s1. The van der Waals surface area contributed by atoms with Crippen molar-refractivity contribution in [2.75, 3.05) is 7.11 Å². The molecular weight excluding hydrogens is 538 g/mol. The molecule has 0 fully saturated rings. The molecule has 1 N–H and O–H groups in total. The van der Waals surface area contributed by atoms with Gasteiger partial charge in [-0.1, -0.05) is 53.6 Å². The number of esters is 1. The van der Waals surface area contributed by atoms with E-state index in [1.165, 1.54) is 13.2 Å². The van der Waals surface area contributed by atoms with E-state index >= 15 is 0 Å². The van der Waals surface area contributed by atoms with Crippen molar-refractivity contribution in [1.29, 1.82) is 0 Å². The summed E-state index contributed by atoms with van der Waals surface area (Å²) < 4.78 is 8.84. The Morgan fingerprint density at radius 2 is 1.83 bits per heavy atom. The number of methoxy groups -OCH3 is 1. The number of carbonyl (C=O) groups excluding carboxylic acids is 2. The Morgan fingerprint density at radius 1 is 1.05 bits per heavy atom.